The molecule has 0 saturated carbocycles. The highest BCUT2D eigenvalue weighted by atomic mass is 79.9. The van der Waals surface area contributed by atoms with Crippen molar-refractivity contribution in [3.05, 3.63) is 40.6 Å². The van der Waals surface area contributed by atoms with Crippen LogP contribution in [0.3, 0.4) is 0 Å². The Morgan fingerprint density at radius 2 is 2.05 bits per heavy atom. The fourth-order valence-corrected chi connectivity index (χ4v) is 2.55. The number of carbonyl (C=O) groups is 1. The number of rotatable bonds is 3. The van der Waals surface area contributed by atoms with Gasteiger partial charge in [-0.05, 0) is 28.1 Å². The van der Waals surface area contributed by atoms with E-state index < -0.39 is 0 Å². The lowest BCUT2D eigenvalue weighted by molar-refractivity contribution is 0.0594. The predicted molar refractivity (Wildman–Crippen MR) is 74.1 cm³/mol. The first kappa shape index (κ1) is 13.4. The van der Waals surface area contributed by atoms with E-state index in [0.717, 1.165) is 25.3 Å². The molecule has 6 nitrogen and oxygen atoms in total. The highest BCUT2D eigenvalue weighted by Crippen LogP contribution is 2.17. The van der Waals surface area contributed by atoms with Crippen LogP contribution in [0.25, 0.3) is 0 Å². The van der Waals surface area contributed by atoms with E-state index in [2.05, 4.69) is 26.0 Å². The fourth-order valence-electron chi connectivity index (χ4n) is 2.24. The molecule has 1 aliphatic heterocycles. The monoisotopic (exact) mass is 339 g/mol. The molecule has 1 aliphatic rings. The second kappa shape index (κ2) is 5.80. The fraction of sp³-hybridized carbons (Fsp3) is 0.385. The molecule has 0 unspecified atom stereocenters. The van der Waals surface area contributed by atoms with Gasteiger partial charge in [0.25, 0.3) is 5.91 Å². The van der Waals surface area contributed by atoms with E-state index in [-0.39, 0.29) is 5.91 Å². The summed E-state index contributed by atoms with van der Waals surface area (Å²) in [6.07, 6.45) is 1.57. The van der Waals surface area contributed by atoms with Crippen LogP contribution in [0.5, 0.6) is 0 Å². The van der Waals surface area contributed by atoms with Crippen LogP contribution in [-0.4, -0.2) is 47.0 Å². The zero-order chi connectivity index (χ0) is 13.9. The number of piperazine rings is 1. The van der Waals surface area contributed by atoms with Gasteiger partial charge in [0.15, 0.2) is 10.4 Å². The second-order valence-corrected chi connectivity index (χ2v) is 5.44. The Labute approximate surface area is 124 Å². The molecule has 7 heteroatoms. The number of furan rings is 1. The molecule has 1 fully saturated rings. The maximum atomic E-state index is 12.2. The molecule has 2 aromatic heterocycles. The van der Waals surface area contributed by atoms with Crippen LogP contribution >= 0.6 is 15.9 Å². The third-order valence-electron chi connectivity index (χ3n) is 3.32. The molecular formula is C13H14BrN3O3. The lowest BCUT2D eigenvalue weighted by Crippen LogP contribution is -2.48. The minimum atomic E-state index is -0.0585. The highest BCUT2D eigenvalue weighted by Gasteiger charge is 2.24. The van der Waals surface area contributed by atoms with Gasteiger partial charge >= 0.3 is 0 Å². The minimum Gasteiger partial charge on any atom is -0.444 e. The molecule has 106 valence electrons. The third-order valence-corrected chi connectivity index (χ3v) is 3.75. The Bertz CT molecular complexity index is 573. The molecule has 1 saturated heterocycles. The first-order valence-corrected chi connectivity index (χ1v) is 7.18. The van der Waals surface area contributed by atoms with Crippen molar-refractivity contribution < 1.29 is 13.7 Å². The van der Waals surface area contributed by atoms with E-state index in [4.69, 9.17) is 8.94 Å². The lowest BCUT2D eigenvalue weighted by atomic mass is 10.2. The number of aromatic nitrogens is 1. The third kappa shape index (κ3) is 2.94. The van der Waals surface area contributed by atoms with Gasteiger partial charge in [0, 0.05) is 38.8 Å². The average molecular weight is 340 g/mol. The summed E-state index contributed by atoms with van der Waals surface area (Å²) >= 11 is 3.21. The molecule has 0 aromatic carbocycles. The van der Waals surface area contributed by atoms with E-state index in [1.165, 1.54) is 0 Å². The number of hydrogen-bond acceptors (Lipinski definition) is 5. The van der Waals surface area contributed by atoms with E-state index in [9.17, 15) is 4.79 Å². The van der Waals surface area contributed by atoms with E-state index in [0.29, 0.717) is 23.5 Å². The average Bonchev–Trinajstić information content (AvgIpc) is 3.10. The molecule has 3 rings (SSSR count). The van der Waals surface area contributed by atoms with Crippen molar-refractivity contribution in [3.63, 3.8) is 0 Å². The molecule has 3 heterocycles. The Hall–Kier alpha value is -1.60. The van der Waals surface area contributed by atoms with Crippen molar-refractivity contribution in [1.82, 2.24) is 15.0 Å². The van der Waals surface area contributed by atoms with Gasteiger partial charge in [-0.25, -0.2) is 0 Å². The number of nitrogens with zero attached hydrogens (tertiary/aromatic N) is 3. The van der Waals surface area contributed by atoms with Crippen LogP contribution in [0.4, 0.5) is 0 Å². The number of halogens is 1. The van der Waals surface area contributed by atoms with Crippen LogP contribution in [0.15, 0.2) is 38.1 Å². The molecule has 0 atom stereocenters. The summed E-state index contributed by atoms with van der Waals surface area (Å²) in [5.41, 5.74) is 0.916. The van der Waals surface area contributed by atoms with Crippen molar-refractivity contribution in [1.29, 1.82) is 0 Å². The number of amides is 1. The molecule has 0 aliphatic carbocycles. The summed E-state index contributed by atoms with van der Waals surface area (Å²) in [5.74, 6) is 0.318. The molecule has 0 bridgehead atoms. The SMILES string of the molecule is O=C(c1ccc(Br)o1)N1CCN(Cc2ccon2)CC1. The summed E-state index contributed by atoms with van der Waals surface area (Å²) in [4.78, 5) is 16.3. The van der Waals surface area contributed by atoms with Crippen molar-refractivity contribution in [2.45, 2.75) is 6.54 Å². The summed E-state index contributed by atoms with van der Waals surface area (Å²) in [6.45, 7) is 3.77. The lowest BCUT2D eigenvalue weighted by Gasteiger charge is -2.33. The molecule has 20 heavy (non-hydrogen) atoms. The minimum absolute atomic E-state index is 0.0585. The normalized spacial score (nSPS) is 16.6. The molecule has 0 radical (unpaired) electrons. The van der Waals surface area contributed by atoms with Crippen LogP contribution in [-0.2, 0) is 6.54 Å². The topological polar surface area (TPSA) is 62.7 Å². The maximum Gasteiger partial charge on any atom is 0.289 e. The van der Waals surface area contributed by atoms with Gasteiger partial charge in [0.05, 0.1) is 5.69 Å². The van der Waals surface area contributed by atoms with Crippen molar-refractivity contribution >= 4 is 21.8 Å². The summed E-state index contributed by atoms with van der Waals surface area (Å²) in [5, 5.41) is 3.90. The van der Waals surface area contributed by atoms with Crippen LogP contribution in [0, 0.1) is 0 Å². The smallest absolute Gasteiger partial charge is 0.289 e. The summed E-state index contributed by atoms with van der Waals surface area (Å²) < 4.78 is 10.7. The zero-order valence-corrected chi connectivity index (χ0v) is 12.4. The van der Waals surface area contributed by atoms with E-state index in [1.54, 1.807) is 18.4 Å². The Morgan fingerprint density at radius 1 is 1.25 bits per heavy atom. The highest BCUT2D eigenvalue weighted by molar-refractivity contribution is 9.10. The molecule has 0 N–H and O–H groups in total. The molecular weight excluding hydrogens is 326 g/mol. The number of hydrogen-bond donors (Lipinski definition) is 0. The van der Waals surface area contributed by atoms with Crippen molar-refractivity contribution in [3.8, 4) is 0 Å². The van der Waals surface area contributed by atoms with Crippen LogP contribution < -0.4 is 0 Å². The van der Waals surface area contributed by atoms with Crippen molar-refractivity contribution in [2.24, 2.45) is 0 Å². The van der Waals surface area contributed by atoms with Gasteiger partial charge in [-0.1, -0.05) is 5.16 Å². The predicted octanol–water partition coefficient (Wildman–Crippen LogP) is 1.99. The molecule has 2 aromatic rings. The van der Waals surface area contributed by atoms with Gasteiger partial charge in [-0.3, -0.25) is 9.69 Å². The largest absolute Gasteiger partial charge is 0.444 e. The van der Waals surface area contributed by atoms with Gasteiger partial charge in [0.2, 0.25) is 0 Å². The van der Waals surface area contributed by atoms with Gasteiger partial charge < -0.3 is 13.8 Å². The number of carbonyl (C=O) groups excluding carboxylic acids is 1. The standard InChI is InChI=1S/C13H14BrN3O3/c14-12-2-1-11(20-12)13(18)17-6-4-16(5-7-17)9-10-3-8-19-15-10/h1-3,8H,4-7,9H2. The van der Waals surface area contributed by atoms with Crippen LogP contribution in [0.2, 0.25) is 0 Å². The van der Waals surface area contributed by atoms with Crippen LogP contribution in [0.1, 0.15) is 16.2 Å². The Kier molecular flexibility index (Phi) is 3.88. The first-order chi connectivity index (χ1) is 9.72. The quantitative estimate of drug-likeness (QED) is 0.855. The van der Waals surface area contributed by atoms with Gasteiger partial charge in [-0.2, -0.15) is 0 Å². The first-order valence-electron chi connectivity index (χ1n) is 6.38. The van der Waals surface area contributed by atoms with Gasteiger partial charge in [0.1, 0.15) is 6.26 Å². The zero-order valence-electron chi connectivity index (χ0n) is 10.8. The second-order valence-electron chi connectivity index (χ2n) is 4.66. The van der Waals surface area contributed by atoms with Gasteiger partial charge in [-0.15, -0.1) is 0 Å². The summed E-state index contributed by atoms with van der Waals surface area (Å²) in [7, 11) is 0. The Balaban J connectivity index is 1.54. The van der Waals surface area contributed by atoms with E-state index >= 15 is 0 Å². The maximum absolute atomic E-state index is 12.2. The Morgan fingerprint density at radius 3 is 2.65 bits per heavy atom. The van der Waals surface area contributed by atoms with E-state index in [1.807, 2.05) is 11.0 Å². The van der Waals surface area contributed by atoms with Crippen molar-refractivity contribution in [2.75, 3.05) is 26.2 Å². The summed E-state index contributed by atoms with van der Waals surface area (Å²) in [6, 6.07) is 5.28. The molecule has 0 spiro atoms. The molecule has 1 amide bonds.